The molecule has 2 N–H and O–H groups in total. The lowest BCUT2D eigenvalue weighted by Gasteiger charge is -2.04. The molecule has 0 spiro atoms. The predicted molar refractivity (Wildman–Crippen MR) is 79.5 cm³/mol. The summed E-state index contributed by atoms with van der Waals surface area (Å²) < 4.78 is 1.04. The Morgan fingerprint density at radius 3 is 2.58 bits per heavy atom. The molecule has 6 heteroatoms. The SMILES string of the molecule is O=C(O)CCCCCCNC(=O)Cc1ccc(Br)s1. The largest absolute Gasteiger partial charge is 0.481 e. The van der Waals surface area contributed by atoms with E-state index in [9.17, 15) is 9.59 Å². The van der Waals surface area contributed by atoms with Crippen LogP contribution in [-0.2, 0) is 16.0 Å². The number of nitrogens with one attached hydrogen (secondary N) is 1. The molecular weight excluding hydrogens is 330 g/mol. The number of hydrogen-bond acceptors (Lipinski definition) is 3. The standard InChI is InChI=1S/C13H18BrNO3S/c14-11-7-6-10(19-11)9-12(16)15-8-4-2-1-3-5-13(17)18/h6-7H,1-5,8-9H2,(H,15,16)(H,17,18). The molecule has 1 aromatic heterocycles. The zero-order valence-corrected chi connectivity index (χ0v) is 13.1. The van der Waals surface area contributed by atoms with Crippen LogP contribution in [-0.4, -0.2) is 23.5 Å². The van der Waals surface area contributed by atoms with Gasteiger partial charge in [0.1, 0.15) is 0 Å². The lowest BCUT2D eigenvalue weighted by Crippen LogP contribution is -2.25. The number of carbonyl (C=O) groups excluding carboxylic acids is 1. The first-order valence-corrected chi connectivity index (χ1v) is 7.91. The second kappa shape index (κ2) is 9.09. The number of thiophene rings is 1. The maximum atomic E-state index is 11.6. The Hall–Kier alpha value is -0.880. The number of carboxylic acids is 1. The number of carboxylic acid groups (broad SMARTS) is 1. The van der Waals surface area contributed by atoms with Crippen molar-refractivity contribution in [3.05, 3.63) is 20.8 Å². The van der Waals surface area contributed by atoms with Crippen LogP contribution in [0.5, 0.6) is 0 Å². The third-order valence-corrected chi connectivity index (χ3v) is 4.23. The molecule has 1 amide bonds. The third kappa shape index (κ3) is 8.00. The van der Waals surface area contributed by atoms with Crippen LogP contribution in [0.3, 0.4) is 0 Å². The third-order valence-electron chi connectivity index (χ3n) is 2.60. The van der Waals surface area contributed by atoms with Crippen LogP contribution in [0.4, 0.5) is 0 Å². The average molecular weight is 348 g/mol. The van der Waals surface area contributed by atoms with Gasteiger partial charge >= 0.3 is 5.97 Å². The van der Waals surface area contributed by atoms with E-state index < -0.39 is 5.97 Å². The number of unbranched alkanes of at least 4 members (excludes halogenated alkanes) is 3. The highest BCUT2D eigenvalue weighted by atomic mass is 79.9. The van der Waals surface area contributed by atoms with Crippen LogP contribution in [0.25, 0.3) is 0 Å². The minimum Gasteiger partial charge on any atom is -0.481 e. The molecule has 1 rings (SSSR count). The van der Waals surface area contributed by atoms with E-state index in [1.54, 1.807) is 11.3 Å². The maximum Gasteiger partial charge on any atom is 0.303 e. The van der Waals surface area contributed by atoms with E-state index in [0.717, 1.165) is 27.9 Å². The monoisotopic (exact) mass is 347 g/mol. The lowest BCUT2D eigenvalue weighted by molar-refractivity contribution is -0.137. The fourth-order valence-corrected chi connectivity index (χ4v) is 3.13. The molecule has 0 unspecified atom stereocenters. The van der Waals surface area contributed by atoms with Crippen molar-refractivity contribution in [1.29, 1.82) is 0 Å². The second-order valence-electron chi connectivity index (χ2n) is 4.29. The minimum absolute atomic E-state index is 0.0416. The average Bonchev–Trinajstić information content (AvgIpc) is 2.73. The molecule has 0 aromatic carbocycles. The van der Waals surface area contributed by atoms with Gasteiger partial charge in [-0.25, -0.2) is 0 Å². The van der Waals surface area contributed by atoms with Crippen molar-refractivity contribution in [1.82, 2.24) is 5.32 Å². The molecule has 19 heavy (non-hydrogen) atoms. The first-order valence-electron chi connectivity index (χ1n) is 6.30. The molecule has 106 valence electrons. The Balaban J connectivity index is 2.00. The summed E-state index contributed by atoms with van der Waals surface area (Å²) in [5.74, 6) is -0.699. The summed E-state index contributed by atoms with van der Waals surface area (Å²) in [5, 5.41) is 11.3. The summed E-state index contributed by atoms with van der Waals surface area (Å²) in [6.07, 6.45) is 4.14. The number of hydrogen-bond donors (Lipinski definition) is 2. The fraction of sp³-hybridized carbons (Fsp3) is 0.538. The van der Waals surface area contributed by atoms with E-state index in [-0.39, 0.29) is 12.3 Å². The van der Waals surface area contributed by atoms with Crippen molar-refractivity contribution in [3.8, 4) is 0 Å². The van der Waals surface area contributed by atoms with Gasteiger partial charge in [-0.3, -0.25) is 9.59 Å². The quantitative estimate of drug-likeness (QED) is 0.674. The van der Waals surface area contributed by atoms with Crippen LogP contribution in [0, 0.1) is 0 Å². The van der Waals surface area contributed by atoms with E-state index in [1.807, 2.05) is 12.1 Å². The number of halogens is 1. The molecule has 0 fully saturated rings. The van der Waals surface area contributed by atoms with Gasteiger partial charge in [0.15, 0.2) is 0 Å². The molecule has 0 bridgehead atoms. The Labute approximate surface area is 125 Å². The zero-order valence-electron chi connectivity index (χ0n) is 10.7. The second-order valence-corrected chi connectivity index (χ2v) is 6.84. The Kier molecular flexibility index (Phi) is 7.74. The van der Waals surface area contributed by atoms with Gasteiger partial charge in [0, 0.05) is 17.8 Å². The summed E-state index contributed by atoms with van der Waals surface area (Å²) in [7, 11) is 0. The van der Waals surface area contributed by atoms with Gasteiger partial charge in [-0.1, -0.05) is 12.8 Å². The van der Waals surface area contributed by atoms with Crippen molar-refractivity contribution in [2.75, 3.05) is 6.54 Å². The van der Waals surface area contributed by atoms with E-state index in [1.165, 1.54) is 0 Å². The summed E-state index contributed by atoms with van der Waals surface area (Å²) >= 11 is 4.93. The topological polar surface area (TPSA) is 66.4 Å². The van der Waals surface area contributed by atoms with Crippen LogP contribution in [0.15, 0.2) is 15.9 Å². The van der Waals surface area contributed by atoms with Crippen molar-refractivity contribution in [2.45, 2.75) is 38.5 Å². The van der Waals surface area contributed by atoms with Crippen molar-refractivity contribution >= 4 is 39.1 Å². The van der Waals surface area contributed by atoms with Crippen molar-refractivity contribution in [3.63, 3.8) is 0 Å². The normalized spacial score (nSPS) is 10.4. The molecule has 1 aromatic rings. The highest BCUT2D eigenvalue weighted by Crippen LogP contribution is 2.22. The fourth-order valence-electron chi connectivity index (χ4n) is 1.65. The highest BCUT2D eigenvalue weighted by Gasteiger charge is 2.05. The molecule has 0 radical (unpaired) electrons. The molecule has 0 atom stereocenters. The van der Waals surface area contributed by atoms with Gasteiger partial charge in [0.2, 0.25) is 5.91 Å². The van der Waals surface area contributed by atoms with Gasteiger partial charge in [-0.2, -0.15) is 0 Å². The van der Waals surface area contributed by atoms with Crippen molar-refractivity contribution in [2.24, 2.45) is 0 Å². The van der Waals surface area contributed by atoms with Gasteiger partial charge in [0.05, 0.1) is 10.2 Å². The Morgan fingerprint density at radius 2 is 1.95 bits per heavy atom. The number of carbonyl (C=O) groups is 2. The lowest BCUT2D eigenvalue weighted by atomic mass is 10.1. The summed E-state index contributed by atoms with van der Waals surface area (Å²) in [6, 6.07) is 3.88. The van der Waals surface area contributed by atoms with E-state index in [2.05, 4.69) is 21.2 Å². The molecule has 0 aliphatic rings. The summed E-state index contributed by atoms with van der Waals surface area (Å²) in [4.78, 5) is 22.9. The smallest absolute Gasteiger partial charge is 0.303 e. The van der Waals surface area contributed by atoms with Gasteiger partial charge in [-0.15, -0.1) is 11.3 Å². The zero-order chi connectivity index (χ0) is 14.1. The van der Waals surface area contributed by atoms with Crippen molar-refractivity contribution < 1.29 is 14.7 Å². The maximum absolute atomic E-state index is 11.6. The minimum atomic E-state index is -0.740. The van der Waals surface area contributed by atoms with Gasteiger partial charge in [0.25, 0.3) is 0 Å². The molecule has 0 aliphatic carbocycles. The van der Waals surface area contributed by atoms with Gasteiger partial charge < -0.3 is 10.4 Å². The highest BCUT2D eigenvalue weighted by molar-refractivity contribution is 9.11. The van der Waals surface area contributed by atoms with Crippen LogP contribution >= 0.6 is 27.3 Å². The number of amides is 1. The predicted octanol–water partition coefficient (Wildman–Crippen LogP) is 3.20. The van der Waals surface area contributed by atoms with Gasteiger partial charge in [-0.05, 0) is 40.9 Å². The van der Waals surface area contributed by atoms with E-state index in [4.69, 9.17) is 5.11 Å². The van der Waals surface area contributed by atoms with E-state index in [0.29, 0.717) is 19.4 Å². The number of rotatable bonds is 9. The first kappa shape index (κ1) is 16.2. The Morgan fingerprint density at radius 1 is 1.21 bits per heavy atom. The van der Waals surface area contributed by atoms with Crippen LogP contribution in [0.1, 0.15) is 37.0 Å². The Bertz CT molecular complexity index is 420. The molecular formula is C13H18BrNO3S. The number of aliphatic carboxylic acids is 1. The first-order chi connectivity index (χ1) is 9.08. The van der Waals surface area contributed by atoms with Crippen LogP contribution in [0.2, 0.25) is 0 Å². The molecule has 0 saturated heterocycles. The molecule has 0 aliphatic heterocycles. The summed E-state index contributed by atoms with van der Waals surface area (Å²) in [6.45, 7) is 0.665. The van der Waals surface area contributed by atoms with E-state index >= 15 is 0 Å². The van der Waals surface area contributed by atoms with Crippen LogP contribution < -0.4 is 5.32 Å². The molecule has 0 saturated carbocycles. The summed E-state index contributed by atoms with van der Waals surface area (Å²) in [5.41, 5.74) is 0. The molecule has 4 nitrogen and oxygen atoms in total. The molecule has 1 heterocycles.